The van der Waals surface area contributed by atoms with E-state index in [0.717, 1.165) is 23.4 Å². The van der Waals surface area contributed by atoms with E-state index in [1.165, 1.54) is 0 Å². The predicted octanol–water partition coefficient (Wildman–Crippen LogP) is 1.86. The zero-order chi connectivity index (χ0) is 16.0. The summed E-state index contributed by atoms with van der Waals surface area (Å²) in [5.74, 6) is 0.104. The van der Waals surface area contributed by atoms with E-state index in [4.69, 9.17) is 0 Å². The number of sulfone groups is 1. The van der Waals surface area contributed by atoms with Gasteiger partial charge in [-0.2, -0.15) is 5.10 Å². The van der Waals surface area contributed by atoms with Gasteiger partial charge in [0, 0.05) is 6.04 Å². The van der Waals surface area contributed by atoms with Crippen LogP contribution in [0.4, 0.5) is 0 Å². The van der Waals surface area contributed by atoms with Crippen molar-refractivity contribution in [2.45, 2.75) is 31.3 Å². The van der Waals surface area contributed by atoms with Crippen molar-refractivity contribution in [3.8, 4) is 10.6 Å². The zero-order valence-corrected chi connectivity index (χ0v) is 14.1. The van der Waals surface area contributed by atoms with Gasteiger partial charge in [0.2, 0.25) is 0 Å². The first kappa shape index (κ1) is 14.9. The molecule has 122 valence electrons. The Morgan fingerprint density at radius 2 is 2.17 bits per heavy atom. The smallest absolute Gasteiger partial charge is 0.272 e. The highest BCUT2D eigenvalue weighted by molar-refractivity contribution is 7.91. The number of hydrogen-bond acceptors (Lipinski definition) is 5. The van der Waals surface area contributed by atoms with E-state index < -0.39 is 9.84 Å². The molecule has 1 N–H and O–H groups in total. The largest absolute Gasteiger partial charge is 0.348 e. The van der Waals surface area contributed by atoms with Crippen molar-refractivity contribution in [3.05, 3.63) is 29.3 Å². The summed E-state index contributed by atoms with van der Waals surface area (Å²) in [5.41, 5.74) is 1.19. The maximum absolute atomic E-state index is 12.3. The summed E-state index contributed by atoms with van der Waals surface area (Å²) in [6.45, 7) is 0. The van der Waals surface area contributed by atoms with Crippen LogP contribution in [-0.2, 0) is 9.84 Å². The van der Waals surface area contributed by atoms with Crippen LogP contribution in [0.15, 0.2) is 23.6 Å². The second-order valence-corrected chi connectivity index (χ2v) is 9.32. The Balaban J connectivity index is 1.70. The lowest BCUT2D eigenvalue weighted by molar-refractivity contribution is 0.0945. The molecule has 23 heavy (non-hydrogen) atoms. The first-order valence-corrected chi connectivity index (χ1v) is 10.4. The SMILES string of the molecule is O=C(NC1CC1)c1cc(-c2cccs2)n([C@@H]2CCS(=O)(=O)C2)n1. The molecular formula is C15H17N3O3S2. The number of nitrogens with one attached hydrogen (secondary N) is 1. The Hall–Kier alpha value is -1.67. The van der Waals surface area contributed by atoms with Crippen molar-refractivity contribution in [3.63, 3.8) is 0 Å². The number of aromatic nitrogens is 2. The molecule has 2 fully saturated rings. The van der Waals surface area contributed by atoms with Gasteiger partial charge in [-0.05, 0) is 36.8 Å². The molecule has 1 aliphatic carbocycles. The van der Waals surface area contributed by atoms with E-state index in [-0.39, 0.29) is 29.5 Å². The minimum Gasteiger partial charge on any atom is -0.348 e. The number of hydrogen-bond donors (Lipinski definition) is 1. The molecular weight excluding hydrogens is 334 g/mol. The van der Waals surface area contributed by atoms with Gasteiger partial charge < -0.3 is 5.32 Å². The van der Waals surface area contributed by atoms with E-state index in [2.05, 4.69) is 10.4 Å². The lowest BCUT2D eigenvalue weighted by atomic mass is 10.2. The number of thiophene rings is 1. The van der Waals surface area contributed by atoms with Gasteiger partial charge in [0.05, 0.1) is 28.1 Å². The van der Waals surface area contributed by atoms with E-state index in [1.807, 2.05) is 17.5 Å². The minimum absolute atomic E-state index is 0.0940. The fourth-order valence-corrected chi connectivity index (χ4v) is 5.27. The maximum atomic E-state index is 12.3. The average Bonchev–Trinajstić information content (AvgIpc) is 2.96. The third-order valence-corrected chi connectivity index (χ3v) is 6.85. The van der Waals surface area contributed by atoms with Gasteiger partial charge >= 0.3 is 0 Å². The van der Waals surface area contributed by atoms with E-state index >= 15 is 0 Å². The molecule has 1 aliphatic heterocycles. The molecule has 0 aromatic carbocycles. The fraction of sp³-hybridized carbons (Fsp3) is 0.467. The van der Waals surface area contributed by atoms with Gasteiger partial charge in [0.25, 0.3) is 5.91 Å². The summed E-state index contributed by atoms with van der Waals surface area (Å²) in [6.07, 6.45) is 2.59. The zero-order valence-electron chi connectivity index (χ0n) is 12.4. The molecule has 0 spiro atoms. The minimum atomic E-state index is -3.01. The molecule has 1 saturated carbocycles. The number of rotatable bonds is 4. The fourth-order valence-electron chi connectivity index (χ4n) is 2.85. The number of amides is 1. The first-order chi connectivity index (χ1) is 11.0. The average molecular weight is 351 g/mol. The van der Waals surface area contributed by atoms with E-state index in [9.17, 15) is 13.2 Å². The van der Waals surface area contributed by atoms with Crippen LogP contribution >= 0.6 is 11.3 Å². The number of carbonyl (C=O) groups excluding carboxylic acids is 1. The van der Waals surface area contributed by atoms with Crippen LogP contribution in [-0.4, -0.2) is 41.7 Å². The van der Waals surface area contributed by atoms with Crippen molar-refractivity contribution in [2.24, 2.45) is 0 Å². The van der Waals surface area contributed by atoms with Gasteiger partial charge in [-0.15, -0.1) is 11.3 Å². The lowest BCUT2D eigenvalue weighted by Crippen LogP contribution is -2.26. The normalized spacial score (nSPS) is 23.0. The topological polar surface area (TPSA) is 81.1 Å². The van der Waals surface area contributed by atoms with Crippen LogP contribution in [0.2, 0.25) is 0 Å². The van der Waals surface area contributed by atoms with Crippen LogP contribution in [0, 0.1) is 0 Å². The van der Waals surface area contributed by atoms with E-state index in [0.29, 0.717) is 12.1 Å². The second-order valence-electron chi connectivity index (χ2n) is 6.14. The third-order valence-electron chi connectivity index (χ3n) is 4.21. The van der Waals surface area contributed by atoms with Crippen LogP contribution in [0.1, 0.15) is 35.8 Å². The molecule has 0 radical (unpaired) electrons. The summed E-state index contributed by atoms with van der Waals surface area (Å²) in [7, 11) is -3.01. The molecule has 2 aromatic rings. The van der Waals surface area contributed by atoms with Crippen LogP contribution in [0.25, 0.3) is 10.6 Å². The molecule has 0 bridgehead atoms. The molecule has 0 unspecified atom stereocenters. The van der Waals surface area contributed by atoms with Gasteiger partial charge in [0.15, 0.2) is 15.5 Å². The maximum Gasteiger partial charge on any atom is 0.272 e. The third kappa shape index (κ3) is 3.05. The molecule has 2 aromatic heterocycles. The Morgan fingerprint density at radius 1 is 1.35 bits per heavy atom. The van der Waals surface area contributed by atoms with E-state index in [1.54, 1.807) is 22.1 Å². The molecule has 2 aliphatic rings. The Morgan fingerprint density at radius 3 is 2.78 bits per heavy atom. The quantitative estimate of drug-likeness (QED) is 0.912. The first-order valence-electron chi connectivity index (χ1n) is 7.66. The predicted molar refractivity (Wildman–Crippen MR) is 88.3 cm³/mol. The molecule has 4 rings (SSSR count). The highest BCUT2D eigenvalue weighted by atomic mass is 32.2. The lowest BCUT2D eigenvalue weighted by Gasteiger charge is -2.12. The summed E-state index contributed by atoms with van der Waals surface area (Å²) in [6, 6.07) is 5.75. The molecule has 1 atom stereocenters. The van der Waals surface area contributed by atoms with Crippen molar-refractivity contribution < 1.29 is 13.2 Å². The van der Waals surface area contributed by atoms with Gasteiger partial charge in [0.1, 0.15) is 0 Å². The number of nitrogens with zero attached hydrogens (tertiary/aromatic N) is 2. The van der Waals surface area contributed by atoms with Gasteiger partial charge in [-0.3, -0.25) is 9.48 Å². The Kier molecular flexibility index (Phi) is 3.53. The summed E-state index contributed by atoms with van der Waals surface area (Å²) in [5, 5.41) is 9.33. The Bertz CT molecular complexity index is 835. The van der Waals surface area contributed by atoms with Crippen molar-refractivity contribution in [2.75, 3.05) is 11.5 Å². The van der Waals surface area contributed by atoms with Gasteiger partial charge in [-0.1, -0.05) is 6.07 Å². The van der Waals surface area contributed by atoms with Gasteiger partial charge in [-0.25, -0.2) is 8.42 Å². The molecule has 3 heterocycles. The summed E-state index contributed by atoms with van der Waals surface area (Å²) >= 11 is 1.56. The van der Waals surface area contributed by atoms with Crippen LogP contribution in [0.3, 0.4) is 0 Å². The molecule has 6 nitrogen and oxygen atoms in total. The molecule has 1 amide bonds. The molecule has 1 saturated heterocycles. The highest BCUT2D eigenvalue weighted by Gasteiger charge is 2.33. The standard InChI is InChI=1S/C15H17N3O3S2/c19-15(16-10-3-4-10)12-8-13(14-2-1-6-22-14)18(17-12)11-5-7-23(20,21)9-11/h1-2,6,8,10-11H,3-5,7,9H2,(H,16,19)/t11-/m1/s1. The van der Waals surface area contributed by atoms with Crippen LogP contribution in [0.5, 0.6) is 0 Å². The monoisotopic (exact) mass is 351 g/mol. The molecule has 8 heteroatoms. The second kappa shape index (κ2) is 5.45. The highest BCUT2D eigenvalue weighted by Crippen LogP contribution is 2.32. The Labute approximate surface area is 138 Å². The summed E-state index contributed by atoms with van der Waals surface area (Å²) < 4.78 is 25.3. The van der Waals surface area contributed by atoms with Crippen molar-refractivity contribution >= 4 is 27.1 Å². The number of carbonyl (C=O) groups is 1. The van der Waals surface area contributed by atoms with Crippen LogP contribution < -0.4 is 5.32 Å². The summed E-state index contributed by atoms with van der Waals surface area (Å²) in [4.78, 5) is 13.3. The van der Waals surface area contributed by atoms with Crippen molar-refractivity contribution in [1.29, 1.82) is 0 Å². The van der Waals surface area contributed by atoms with Crippen molar-refractivity contribution in [1.82, 2.24) is 15.1 Å².